The van der Waals surface area contributed by atoms with Crippen LogP contribution in [0.3, 0.4) is 0 Å². The lowest BCUT2D eigenvalue weighted by atomic mass is 10.2. The van der Waals surface area contributed by atoms with Gasteiger partial charge in [0.1, 0.15) is 11.3 Å². The van der Waals surface area contributed by atoms with Gasteiger partial charge in [-0.3, -0.25) is 9.59 Å². The van der Waals surface area contributed by atoms with Gasteiger partial charge in [0.25, 0.3) is 11.1 Å². The van der Waals surface area contributed by atoms with E-state index in [1.165, 1.54) is 0 Å². The fourth-order valence-corrected chi connectivity index (χ4v) is 3.13. The molecule has 3 aromatic rings. The lowest BCUT2D eigenvalue weighted by Gasteiger charge is -2.20. The third-order valence-electron chi connectivity index (χ3n) is 3.90. The van der Waals surface area contributed by atoms with Crippen LogP contribution >= 0.6 is 11.8 Å². The number of para-hydroxylation sites is 2. The fraction of sp³-hybridized carbons (Fsp3) is 0.250. The first-order valence-electron chi connectivity index (χ1n) is 8.61. The number of likely N-dealkylation sites (N-methyl/N-ethyl adjacent to an activating group) is 1. The standard InChI is InChI=1S/C20H20N2O4S/c1-2-22(12-15-8-4-3-5-9-15)18(23)13-25-19(24)14-27-20-21-16-10-6-7-11-17(16)26-20/h3-11H,2,12-14H2,1H3. The number of aromatic nitrogens is 1. The van der Waals surface area contributed by atoms with Gasteiger partial charge in [-0.05, 0) is 24.6 Å². The van der Waals surface area contributed by atoms with E-state index in [-0.39, 0.29) is 18.3 Å². The van der Waals surface area contributed by atoms with Crippen molar-refractivity contribution in [3.05, 3.63) is 60.2 Å². The summed E-state index contributed by atoms with van der Waals surface area (Å²) in [5.41, 5.74) is 2.44. The van der Waals surface area contributed by atoms with Crippen LogP contribution < -0.4 is 0 Å². The van der Waals surface area contributed by atoms with Crippen molar-refractivity contribution in [2.45, 2.75) is 18.7 Å². The summed E-state index contributed by atoms with van der Waals surface area (Å²) in [5, 5.41) is 0.402. The van der Waals surface area contributed by atoms with E-state index in [1.807, 2.05) is 61.5 Å². The van der Waals surface area contributed by atoms with Crippen molar-refractivity contribution in [2.75, 3.05) is 18.9 Å². The first-order chi connectivity index (χ1) is 13.2. The molecule has 0 atom stereocenters. The molecule has 0 radical (unpaired) electrons. The molecule has 0 aliphatic carbocycles. The summed E-state index contributed by atoms with van der Waals surface area (Å²) in [7, 11) is 0. The molecule has 140 valence electrons. The molecule has 3 rings (SSSR count). The Bertz CT molecular complexity index is 878. The van der Waals surface area contributed by atoms with Gasteiger partial charge in [0.05, 0.1) is 0 Å². The molecule has 6 nitrogen and oxygen atoms in total. The van der Waals surface area contributed by atoms with Crippen LogP contribution in [0.2, 0.25) is 0 Å². The number of nitrogens with zero attached hydrogens (tertiary/aromatic N) is 2. The van der Waals surface area contributed by atoms with Crippen LogP contribution in [0, 0.1) is 0 Å². The second-order valence-corrected chi connectivity index (χ2v) is 6.72. The van der Waals surface area contributed by atoms with Crippen molar-refractivity contribution in [1.82, 2.24) is 9.88 Å². The van der Waals surface area contributed by atoms with Gasteiger partial charge in [-0.15, -0.1) is 0 Å². The van der Waals surface area contributed by atoms with Crippen molar-refractivity contribution in [2.24, 2.45) is 0 Å². The highest BCUT2D eigenvalue weighted by molar-refractivity contribution is 7.99. The minimum Gasteiger partial charge on any atom is -0.455 e. The average molecular weight is 384 g/mol. The Labute approximate surface area is 161 Å². The summed E-state index contributed by atoms with van der Waals surface area (Å²) in [5.74, 6) is -0.668. The van der Waals surface area contributed by atoms with E-state index >= 15 is 0 Å². The molecule has 0 fully saturated rings. The van der Waals surface area contributed by atoms with Crippen LogP contribution in [0.15, 0.2) is 64.2 Å². The normalized spacial score (nSPS) is 10.7. The van der Waals surface area contributed by atoms with E-state index < -0.39 is 5.97 Å². The Hall–Kier alpha value is -2.80. The molecule has 0 saturated carbocycles. The molecule has 0 aliphatic heterocycles. The van der Waals surface area contributed by atoms with Crippen molar-refractivity contribution in [3.8, 4) is 0 Å². The number of thioether (sulfide) groups is 1. The number of ether oxygens (including phenoxy) is 1. The first-order valence-corrected chi connectivity index (χ1v) is 9.60. The van der Waals surface area contributed by atoms with Crippen molar-refractivity contribution < 1.29 is 18.7 Å². The molecule has 0 saturated heterocycles. The van der Waals surface area contributed by atoms with E-state index in [4.69, 9.17) is 9.15 Å². The predicted molar refractivity (Wildman–Crippen MR) is 103 cm³/mol. The number of carbonyl (C=O) groups is 2. The van der Waals surface area contributed by atoms with Crippen LogP contribution in [-0.2, 0) is 20.9 Å². The van der Waals surface area contributed by atoms with Gasteiger partial charge < -0.3 is 14.1 Å². The molecule has 27 heavy (non-hydrogen) atoms. The lowest BCUT2D eigenvalue weighted by molar-refractivity contribution is -0.150. The maximum atomic E-state index is 12.3. The Morgan fingerprint density at radius 2 is 1.85 bits per heavy atom. The second-order valence-electron chi connectivity index (χ2n) is 5.79. The summed E-state index contributed by atoms with van der Waals surface area (Å²) >= 11 is 1.15. The molecule has 0 unspecified atom stereocenters. The Morgan fingerprint density at radius 1 is 1.11 bits per heavy atom. The summed E-state index contributed by atoms with van der Waals surface area (Å²) in [4.78, 5) is 30.1. The van der Waals surface area contributed by atoms with Gasteiger partial charge >= 0.3 is 5.97 Å². The number of fused-ring (bicyclic) bond motifs is 1. The van der Waals surface area contributed by atoms with Gasteiger partial charge in [-0.1, -0.05) is 54.2 Å². The molecule has 0 N–H and O–H groups in total. The monoisotopic (exact) mass is 384 g/mol. The van der Waals surface area contributed by atoms with Crippen molar-refractivity contribution in [1.29, 1.82) is 0 Å². The summed E-state index contributed by atoms with van der Waals surface area (Å²) in [6, 6.07) is 17.1. The molecule has 0 bridgehead atoms. The zero-order chi connectivity index (χ0) is 19.1. The number of rotatable bonds is 8. The van der Waals surface area contributed by atoms with Crippen molar-refractivity contribution >= 4 is 34.7 Å². The predicted octanol–water partition coefficient (Wildman–Crippen LogP) is 3.51. The summed E-state index contributed by atoms with van der Waals surface area (Å²) in [6.07, 6.45) is 0. The molecule has 2 aromatic carbocycles. The maximum absolute atomic E-state index is 12.3. The molecule has 7 heteroatoms. The lowest BCUT2D eigenvalue weighted by Crippen LogP contribution is -2.34. The molecular formula is C20H20N2O4S. The van der Waals surface area contributed by atoms with E-state index in [0.29, 0.717) is 23.9 Å². The summed E-state index contributed by atoms with van der Waals surface area (Å²) in [6.45, 7) is 2.66. The zero-order valence-corrected chi connectivity index (χ0v) is 15.8. The topological polar surface area (TPSA) is 72.6 Å². The Morgan fingerprint density at radius 3 is 2.59 bits per heavy atom. The molecule has 1 aromatic heterocycles. The number of hydrogen-bond acceptors (Lipinski definition) is 6. The second kappa shape index (κ2) is 9.23. The zero-order valence-electron chi connectivity index (χ0n) is 15.0. The Balaban J connectivity index is 1.45. The SMILES string of the molecule is CCN(Cc1ccccc1)C(=O)COC(=O)CSc1nc2ccccc2o1. The molecule has 1 amide bonds. The number of oxazole rings is 1. The molecule has 1 heterocycles. The summed E-state index contributed by atoms with van der Waals surface area (Å²) < 4.78 is 10.6. The number of amides is 1. The number of carbonyl (C=O) groups excluding carboxylic acids is 2. The molecule has 0 spiro atoms. The van der Waals surface area contributed by atoms with Crippen LogP contribution in [-0.4, -0.2) is 40.7 Å². The number of hydrogen-bond donors (Lipinski definition) is 0. The third-order valence-corrected chi connectivity index (χ3v) is 4.70. The number of esters is 1. The third kappa shape index (κ3) is 5.34. The largest absolute Gasteiger partial charge is 0.455 e. The van der Waals surface area contributed by atoms with Crippen molar-refractivity contribution in [3.63, 3.8) is 0 Å². The van der Waals surface area contributed by atoms with Crippen LogP contribution in [0.25, 0.3) is 11.1 Å². The fourth-order valence-electron chi connectivity index (χ4n) is 2.49. The van der Waals surface area contributed by atoms with E-state index in [1.54, 1.807) is 4.90 Å². The van der Waals surface area contributed by atoms with E-state index in [9.17, 15) is 9.59 Å². The van der Waals surface area contributed by atoms with E-state index in [0.717, 1.165) is 22.8 Å². The van der Waals surface area contributed by atoms with Gasteiger partial charge in [0.15, 0.2) is 12.2 Å². The van der Waals surface area contributed by atoms with Gasteiger partial charge in [-0.25, -0.2) is 4.98 Å². The van der Waals surface area contributed by atoms with Gasteiger partial charge in [0.2, 0.25) is 0 Å². The van der Waals surface area contributed by atoms with Crippen LogP contribution in [0.4, 0.5) is 0 Å². The van der Waals surface area contributed by atoms with Crippen LogP contribution in [0.1, 0.15) is 12.5 Å². The van der Waals surface area contributed by atoms with Gasteiger partial charge in [-0.2, -0.15) is 0 Å². The molecule has 0 aliphatic rings. The minimum absolute atomic E-state index is 0.0327. The number of benzene rings is 2. The quantitative estimate of drug-likeness (QED) is 0.437. The van der Waals surface area contributed by atoms with E-state index in [2.05, 4.69) is 4.98 Å². The first kappa shape index (κ1) is 19.0. The highest BCUT2D eigenvalue weighted by atomic mass is 32.2. The maximum Gasteiger partial charge on any atom is 0.316 e. The van der Waals surface area contributed by atoms with Crippen LogP contribution in [0.5, 0.6) is 0 Å². The Kier molecular flexibility index (Phi) is 6.49. The smallest absolute Gasteiger partial charge is 0.316 e. The van der Waals surface area contributed by atoms with Gasteiger partial charge in [0, 0.05) is 13.1 Å². The molecular weight excluding hydrogens is 364 g/mol. The average Bonchev–Trinajstić information content (AvgIpc) is 3.12. The highest BCUT2D eigenvalue weighted by Gasteiger charge is 2.16. The minimum atomic E-state index is -0.480. The highest BCUT2D eigenvalue weighted by Crippen LogP contribution is 2.23.